The molecular formula is C81H148O17P2. The van der Waals surface area contributed by atoms with Gasteiger partial charge >= 0.3 is 39.5 Å². The van der Waals surface area contributed by atoms with E-state index in [0.717, 1.165) is 89.9 Å². The maximum absolute atomic E-state index is 13.1. The Morgan fingerprint density at radius 1 is 0.280 bits per heavy atom. The number of aliphatic hydroxyl groups is 1. The normalized spacial score (nSPS) is 14.2. The summed E-state index contributed by atoms with van der Waals surface area (Å²) < 4.78 is 68.5. The molecule has 19 heteroatoms. The zero-order chi connectivity index (χ0) is 73.2. The van der Waals surface area contributed by atoms with Crippen LogP contribution in [-0.2, 0) is 65.4 Å². The molecule has 0 rings (SSSR count). The van der Waals surface area contributed by atoms with E-state index in [1.165, 1.54) is 199 Å². The van der Waals surface area contributed by atoms with Crippen molar-refractivity contribution in [1.29, 1.82) is 0 Å². The van der Waals surface area contributed by atoms with E-state index in [4.69, 9.17) is 37.0 Å². The highest BCUT2D eigenvalue weighted by molar-refractivity contribution is 7.47. The van der Waals surface area contributed by atoms with E-state index < -0.39 is 97.5 Å². The van der Waals surface area contributed by atoms with Crippen LogP contribution >= 0.6 is 15.6 Å². The second-order valence-electron chi connectivity index (χ2n) is 27.4. The van der Waals surface area contributed by atoms with Gasteiger partial charge in [0.15, 0.2) is 12.2 Å². The molecule has 0 heterocycles. The van der Waals surface area contributed by atoms with Crippen LogP contribution in [-0.4, -0.2) is 96.7 Å². The zero-order valence-corrected chi connectivity index (χ0v) is 65.7. The van der Waals surface area contributed by atoms with Gasteiger partial charge in [0.05, 0.1) is 26.4 Å². The van der Waals surface area contributed by atoms with E-state index in [-0.39, 0.29) is 25.7 Å². The number of hydrogen-bond donors (Lipinski definition) is 3. The molecule has 5 atom stereocenters. The summed E-state index contributed by atoms with van der Waals surface area (Å²) in [7, 11) is -9.96. The van der Waals surface area contributed by atoms with Gasteiger partial charge in [-0.1, -0.05) is 345 Å². The van der Waals surface area contributed by atoms with Gasteiger partial charge in [-0.3, -0.25) is 37.3 Å². The molecule has 0 spiro atoms. The molecule has 0 saturated carbocycles. The molecule has 0 radical (unpaired) electrons. The summed E-state index contributed by atoms with van der Waals surface area (Å²) in [6, 6.07) is 0. The molecule has 0 amide bonds. The van der Waals surface area contributed by atoms with Crippen molar-refractivity contribution in [2.75, 3.05) is 39.6 Å². The molecule has 17 nitrogen and oxygen atoms in total. The fourth-order valence-corrected chi connectivity index (χ4v) is 12.9. The lowest BCUT2D eigenvalue weighted by Crippen LogP contribution is -2.30. The van der Waals surface area contributed by atoms with E-state index in [9.17, 15) is 43.2 Å². The van der Waals surface area contributed by atoms with Crippen LogP contribution in [0.4, 0.5) is 0 Å². The molecule has 0 aromatic carbocycles. The molecule has 0 saturated heterocycles. The van der Waals surface area contributed by atoms with Crippen molar-refractivity contribution < 1.29 is 80.2 Å². The van der Waals surface area contributed by atoms with Crippen LogP contribution in [0.5, 0.6) is 0 Å². The fourth-order valence-electron chi connectivity index (χ4n) is 11.3. The van der Waals surface area contributed by atoms with Gasteiger partial charge in [-0.2, -0.15) is 0 Å². The average molecular weight is 1460 g/mol. The molecule has 100 heavy (non-hydrogen) atoms. The molecule has 0 aliphatic carbocycles. The quantitative estimate of drug-likeness (QED) is 0.0169. The van der Waals surface area contributed by atoms with Gasteiger partial charge < -0.3 is 33.8 Å². The Balaban J connectivity index is 5.37. The van der Waals surface area contributed by atoms with Crippen molar-refractivity contribution >= 4 is 39.5 Å². The first-order valence-corrected chi connectivity index (χ1v) is 43.5. The number of ether oxygens (including phenoxy) is 4. The molecule has 0 aliphatic rings. The van der Waals surface area contributed by atoms with Crippen molar-refractivity contribution in [2.45, 2.75) is 393 Å². The second-order valence-corrected chi connectivity index (χ2v) is 30.3. The van der Waals surface area contributed by atoms with Crippen LogP contribution in [0.25, 0.3) is 0 Å². The van der Waals surface area contributed by atoms with Gasteiger partial charge in [0, 0.05) is 25.7 Å². The smallest absolute Gasteiger partial charge is 0.462 e. The molecule has 2 unspecified atom stereocenters. The van der Waals surface area contributed by atoms with Crippen LogP contribution in [0.1, 0.15) is 374 Å². The van der Waals surface area contributed by atoms with Crippen LogP contribution < -0.4 is 0 Å². The Morgan fingerprint density at radius 3 is 0.810 bits per heavy atom. The third-order valence-corrected chi connectivity index (χ3v) is 19.4. The third-order valence-electron chi connectivity index (χ3n) is 17.5. The predicted octanol–water partition coefficient (Wildman–Crippen LogP) is 23.5. The van der Waals surface area contributed by atoms with E-state index in [0.29, 0.717) is 32.1 Å². The largest absolute Gasteiger partial charge is 0.472 e. The summed E-state index contributed by atoms with van der Waals surface area (Å²) in [6.07, 6.45) is 73.5. The number of hydrogen-bond acceptors (Lipinski definition) is 15. The molecule has 584 valence electrons. The number of unbranched alkanes of at least 4 members (excludes halogenated alkanes) is 41. The zero-order valence-electron chi connectivity index (χ0n) is 63.9. The Kier molecular flexibility index (Phi) is 71.6. The number of phosphoric acid groups is 2. The number of rotatable bonds is 77. The summed E-state index contributed by atoms with van der Waals surface area (Å²) in [5.74, 6) is -2.23. The molecule has 0 aliphatic heterocycles. The van der Waals surface area contributed by atoms with Gasteiger partial charge in [0.2, 0.25) is 0 Å². The maximum atomic E-state index is 13.1. The van der Waals surface area contributed by atoms with Gasteiger partial charge in [-0.15, -0.1) is 0 Å². The lowest BCUT2D eigenvalue weighted by Gasteiger charge is -2.21. The number of carbonyl (C=O) groups is 4. The van der Waals surface area contributed by atoms with Crippen molar-refractivity contribution in [3.8, 4) is 0 Å². The van der Waals surface area contributed by atoms with Crippen LogP contribution in [0.15, 0.2) is 60.8 Å². The summed E-state index contributed by atoms with van der Waals surface area (Å²) in [4.78, 5) is 72.9. The molecule has 0 aromatic heterocycles. The van der Waals surface area contributed by atoms with E-state index in [1.807, 2.05) is 18.2 Å². The number of aliphatic hydroxyl groups excluding tert-OH is 1. The van der Waals surface area contributed by atoms with Gasteiger partial charge in [-0.25, -0.2) is 9.13 Å². The predicted molar refractivity (Wildman–Crippen MR) is 409 cm³/mol. The SMILES string of the molecule is CCCCC/C=C\C/C=C\C/C=C\C/C=C\C/C=C\CCC(=O)O[C@H](COC(=O)CCCCCCCCCCCCCCC)COP(=O)(O)OC[C@H](O)COP(=O)(O)OC[C@@H](COC(=O)CCCCCCCCCCCCCCCCC)OC(=O)CCCCCCCCCCCCCCC. The van der Waals surface area contributed by atoms with Crippen LogP contribution in [0, 0.1) is 0 Å². The number of allylic oxidation sites excluding steroid dienone is 10. The van der Waals surface area contributed by atoms with Crippen molar-refractivity contribution in [1.82, 2.24) is 0 Å². The highest BCUT2D eigenvalue weighted by Gasteiger charge is 2.30. The van der Waals surface area contributed by atoms with Crippen molar-refractivity contribution in [3.63, 3.8) is 0 Å². The first-order valence-electron chi connectivity index (χ1n) is 40.5. The van der Waals surface area contributed by atoms with E-state index in [2.05, 4.69) is 70.2 Å². The summed E-state index contributed by atoms with van der Waals surface area (Å²) in [5, 5.41) is 10.6. The van der Waals surface area contributed by atoms with Crippen LogP contribution in [0.3, 0.4) is 0 Å². The lowest BCUT2D eigenvalue weighted by molar-refractivity contribution is -0.161. The number of phosphoric ester groups is 2. The van der Waals surface area contributed by atoms with Gasteiger partial charge in [0.1, 0.15) is 19.3 Å². The summed E-state index contributed by atoms with van der Waals surface area (Å²) in [6.45, 7) is 4.85. The Morgan fingerprint density at radius 2 is 0.510 bits per heavy atom. The minimum absolute atomic E-state index is 0.0230. The summed E-state index contributed by atoms with van der Waals surface area (Å²) >= 11 is 0. The molecule has 3 N–H and O–H groups in total. The van der Waals surface area contributed by atoms with Gasteiger partial charge in [0.25, 0.3) is 0 Å². The highest BCUT2D eigenvalue weighted by atomic mass is 31.2. The third kappa shape index (κ3) is 73.1. The standard InChI is InChI=1S/C81H148O17P2/c1-5-9-13-17-21-25-29-33-35-36-37-38-40-44-48-52-56-60-64-68-81(86)98-77(71-91-78(83)65-61-57-53-49-45-41-31-27-23-19-15-11-7-3)74-96-100(89,90)94-70-75(82)69-93-99(87,88)95-73-76(97-80(85)67-63-59-55-51-47-42-32-28-24-20-16-12-8-4)72-92-79(84)66-62-58-54-50-46-43-39-34-30-26-22-18-14-10-6-2/h21,25,33,35,37-38,44,48,56,60,75-77,82H,5-20,22-24,26-32,34,36,39-43,45-47,49-55,57-59,61-74H2,1-4H3,(H,87,88)(H,89,90)/b25-21-,35-33-,38-37-,48-44-,60-56-/t75-,76-,77-/m1/s1. The Bertz CT molecular complexity index is 2130. The summed E-state index contributed by atoms with van der Waals surface area (Å²) in [5.41, 5.74) is 0. The van der Waals surface area contributed by atoms with E-state index >= 15 is 0 Å². The Hall–Kier alpha value is -3.24. The van der Waals surface area contributed by atoms with Crippen molar-refractivity contribution in [2.24, 2.45) is 0 Å². The molecule has 0 bridgehead atoms. The minimum atomic E-state index is -4.99. The second kappa shape index (κ2) is 74.0. The van der Waals surface area contributed by atoms with Crippen LogP contribution in [0.2, 0.25) is 0 Å². The molecule has 0 fully saturated rings. The van der Waals surface area contributed by atoms with Gasteiger partial charge in [-0.05, 0) is 64.2 Å². The highest BCUT2D eigenvalue weighted by Crippen LogP contribution is 2.45. The number of carbonyl (C=O) groups excluding carboxylic acids is 4. The lowest BCUT2D eigenvalue weighted by atomic mass is 10.0. The number of esters is 4. The average Bonchev–Trinajstić information content (AvgIpc) is 0.929. The Labute approximate surface area is 610 Å². The molecule has 0 aromatic rings. The maximum Gasteiger partial charge on any atom is 0.472 e. The van der Waals surface area contributed by atoms with Crippen molar-refractivity contribution in [3.05, 3.63) is 60.8 Å². The first-order chi connectivity index (χ1) is 48.7. The topological polar surface area (TPSA) is 237 Å². The first kappa shape index (κ1) is 96.8. The molecular weight excluding hydrogens is 1310 g/mol. The monoisotopic (exact) mass is 1460 g/mol. The fraction of sp³-hybridized carbons (Fsp3) is 0.827. The minimum Gasteiger partial charge on any atom is -0.462 e. The van der Waals surface area contributed by atoms with E-state index in [1.54, 1.807) is 0 Å².